The third kappa shape index (κ3) is 3.44. The second kappa shape index (κ2) is 5.35. The number of hydrogen-bond acceptors (Lipinski definition) is 1. The van der Waals surface area contributed by atoms with E-state index in [1.807, 2.05) is 45.4 Å². The highest BCUT2D eigenvalue weighted by Crippen LogP contribution is 2.23. The lowest BCUT2D eigenvalue weighted by Gasteiger charge is -2.17. The van der Waals surface area contributed by atoms with Gasteiger partial charge in [-0.2, -0.15) is 0 Å². The van der Waals surface area contributed by atoms with Crippen LogP contribution >= 0.6 is 0 Å². The Labute approximate surface area is 129 Å². The first-order valence-electron chi connectivity index (χ1n) is 9.23. The second-order valence-electron chi connectivity index (χ2n) is 6.17. The highest BCUT2D eigenvalue weighted by molar-refractivity contribution is 5.59. The van der Waals surface area contributed by atoms with Gasteiger partial charge in [0.1, 0.15) is 7.05 Å². The van der Waals surface area contributed by atoms with Crippen LogP contribution in [0.5, 0.6) is 0 Å². The van der Waals surface area contributed by atoms with Crippen LogP contribution in [0.1, 0.15) is 44.4 Å². The van der Waals surface area contributed by atoms with Crippen molar-refractivity contribution in [1.82, 2.24) is 4.98 Å². The van der Waals surface area contributed by atoms with Crippen molar-refractivity contribution >= 4 is 0 Å². The maximum absolute atomic E-state index is 8.41. The van der Waals surface area contributed by atoms with E-state index in [1.165, 1.54) is 0 Å². The number of pyridine rings is 2. The lowest BCUT2D eigenvalue weighted by Crippen LogP contribution is -2.32. The van der Waals surface area contributed by atoms with Gasteiger partial charge in [-0.1, -0.05) is 20.8 Å². The van der Waals surface area contributed by atoms with E-state index in [0.717, 1.165) is 16.8 Å². The number of hydrogen-bond donors (Lipinski definition) is 0. The smallest absolute Gasteiger partial charge is 0.214 e. The summed E-state index contributed by atoms with van der Waals surface area (Å²) in [5, 5.41) is 0. The summed E-state index contributed by atoms with van der Waals surface area (Å²) in [5.74, 6) is 0. The molecule has 0 N–H and O–H groups in total. The summed E-state index contributed by atoms with van der Waals surface area (Å²) in [7, 11) is 1.86. The van der Waals surface area contributed by atoms with E-state index in [-0.39, 0.29) is 5.69 Å². The third-order valence-corrected chi connectivity index (χ3v) is 3.04. The molecule has 2 heteroatoms. The number of nitrogens with zero attached hydrogens (tertiary/aromatic N) is 2. The molecule has 0 radical (unpaired) electrons. The van der Waals surface area contributed by atoms with E-state index in [1.54, 1.807) is 24.5 Å². The molecule has 20 heavy (non-hydrogen) atoms. The molecule has 2 aromatic heterocycles. The van der Waals surface area contributed by atoms with Gasteiger partial charge in [0.2, 0.25) is 5.69 Å². The average molecular weight is 274 g/mol. The van der Waals surface area contributed by atoms with E-state index in [4.69, 9.17) is 6.85 Å². The van der Waals surface area contributed by atoms with Crippen LogP contribution in [0.3, 0.4) is 0 Å². The van der Waals surface area contributed by atoms with E-state index < -0.39 is 18.6 Å². The van der Waals surface area contributed by atoms with Crippen LogP contribution in [0.15, 0.2) is 30.6 Å². The molecule has 0 atom stereocenters. The molecule has 2 nitrogen and oxygen atoms in total. The highest BCUT2D eigenvalue weighted by Gasteiger charge is 2.17. The van der Waals surface area contributed by atoms with Crippen molar-refractivity contribution in [2.24, 2.45) is 12.5 Å². The second-order valence-corrected chi connectivity index (χ2v) is 6.17. The summed E-state index contributed by atoms with van der Waals surface area (Å²) in [6.45, 7) is 5.26. The molecule has 0 bridgehead atoms. The van der Waals surface area contributed by atoms with Gasteiger partial charge in [0, 0.05) is 30.4 Å². The maximum Gasteiger partial charge on any atom is 0.214 e. The van der Waals surface area contributed by atoms with Gasteiger partial charge in [-0.15, -0.1) is 0 Å². The van der Waals surface area contributed by atoms with Crippen molar-refractivity contribution in [3.05, 3.63) is 47.4 Å². The van der Waals surface area contributed by atoms with Gasteiger partial charge in [0.05, 0.1) is 5.56 Å². The van der Waals surface area contributed by atoms with Gasteiger partial charge < -0.3 is 0 Å². The molecule has 0 saturated heterocycles. The molecule has 2 heterocycles. The highest BCUT2D eigenvalue weighted by atomic mass is 14.9. The molecule has 2 rings (SSSR count). The van der Waals surface area contributed by atoms with Crippen LogP contribution in [-0.4, -0.2) is 4.98 Å². The summed E-state index contributed by atoms with van der Waals surface area (Å²) < 4.78 is 41.1. The molecule has 0 fully saturated rings. The zero-order valence-electron chi connectivity index (χ0n) is 17.8. The topological polar surface area (TPSA) is 16.8 Å². The van der Waals surface area contributed by atoms with Crippen LogP contribution < -0.4 is 4.57 Å². The summed E-state index contributed by atoms with van der Waals surface area (Å²) in [6.07, 6.45) is 1.89. The maximum atomic E-state index is 8.41. The van der Waals surface area contributed by atoms with Gasteiger partial charge in [0.15, 0.2) is 6.20 Å². The van der Waals surface area contributed by atoms with Gasteiger partial charge >= 0.3 is 0 Å². The number of aromatic nitrogens is 2. The first-order chi connectivity index (χ1) is 11.2. The first-order valence-corrected chi connectivity index (χ1v) is 6.73. The fraction of sp³-hybridized carbons (Fsp3) is 0.444. The zero-order chi connectivity index (χ0) is 19.2. The lowest BCUT2D eigenvalue weighted by atomic mass is 9.88. The van der Waals surface area contributed by atoms with E-state index >= 15 is 0 Å². The van der Waals surface area contributed by atoms with Crippen molar-refractivity contribution in [3.63, 3.8) is 0 Å². The Morgan fingerprint density at radius 1 is 1.35 bits per heavy atom. The van der Waals surface area contributed by atoms with E-state index in [9.17, 15) is 0 Å². The number of aryl methyl sites for hydroxylation is 3. The first kappa shape index (κ1) is 9.28. The Hall–Kier alpha value is -1.70. The van der Waals surface area contributed by atoms with E-state index in [0.29, 0.717) is 5.56 Å². The van der Waals surface area contributed by atoms with Crippen LogP contribution in [0.2, 0.25) is 0 Å². The minimum atomic E-state index is -2.22. The Morgan fingerprint density at radius 2 is 2.10 bits per heavy atom. The van der Waals surface area contributed by atoms with Crippen LogP contribution in [0.25, 0.3) is 11.3 Å². The Balaban J connectivity index is 2.50. The molecule has 0 aliphatic carbocycles. The quantitative estimate of drug-likeness (QED) is 0.762. The monoisotopic (exact) mass is 274 g/mol. The Kier molecular flexibility index (Phi) is 2.48. The zero-order valence-corrected chi connectivity index (χ0v) is 12.8. The van der Waals surface area contributed by atoms with Gasteiger partial charge in [-0.25, -0.2) is 4.57 Å². The standard InChI is InChI=1S/C18H25N2/c1-13-9-14(2)19-11-16(13)17-8-7-15(12-20(17)6)10-18(3,4)5/h7-9,11-12H,10H2,1-6H3/q+1/i2D3,10D2. The Morgan fingerprint density at radius 3 is 2.65 bits per heavy atom. The molecule has 0 aromatic carbocycles. The van der Waals surface area contributed by atoms with Gasteiger partial charge in [-0.05, 0) is 43.3 Å². The third-order valence-electron chi connectivity index (χ3n) is 3.04. The fourth-order valence-corrected chi connectivity index (χ4v) is 2.22. The molecular formula is C18H25N2+. The van der Waals surface area contributed by atoms with Crippen LogP contribution in [0.4, 0.5) is 0 Å². The summed E-state index contributed by atoms with van der Waals surface area (Å²) in [5.41, 5.74) is 2.67. The fourth-order valence-electron chi connectivity index (χ4n) is 2.22. The molecule has 0 aliphatic heterocycles. The molecule has 0 saturated carbocycles. The predicted molar refractivity (Wildman–Crippen MR) is 83.5 cm³/mol. The summed E-state index contributed by atoms with van der Waals surface area (Å²) >= 11 is 0. The van der Waals surface area contributed by atoms with E-state index in [2.05, 4.69) is 4.98 Å². The van der Waals surface area contributed by atoms with Crippen LogP contribution in [0, 0.1) is 19.2 Å². The molecule has 0 aliphatic rings. The molecule has 0 amide bonds. The molecule has 0 unspecified atom stereocenters. The lowest BCUT2D eigenvalue weighted by molar-refractivity contribution is -0.660. The van der Waals surface area contributed by atoms with Crippen molar-refractivity contribution in [3.8, 4) is 11.3 Å². The van der Waals surface area contributed by atoms with Crippen molar-refractivity contribution in [2.75, 3.05) is 0 Å². The molecule has 106 valence electrons. The minimum Gasteiger partial charge on any atom is -0.261 e. The summed E-state index contributed by atoms with van der Waals surface area (Å²) in [4.78, 5) is 4.09. The number of rotatable bonds is 2. The van der Waals surface area contributed by atoms with Gasteiger partial charge in [0.25, 0.3) is 0 Å². The minimum absolute atomic E-state index is 0.0806. The van der Waals surface area contributed by atoms with Gasteiger partial charge in [-0.3, -0.25) is 4.98 Å². The molecule has 0 spiro atoms. The largest absolute Gasteiger partial charge is 0.261 e. The van der Waals surface area contributed by atoms with Crippen molar-refractivity contribution in [1.29, 1.82) is 0 Å². The summed E-state index contributed by atoms with van der Waals surface area (Å²) in [6, 6.07) is 5.24. The molecular weight excluding hydrogens is 244 g/mol. The average Bonchev–Trinajstić information content (AvgIpc) is 2.45. The van der Waals surface area contributed by atoms with Crippen molar-refractivity contribution < 1.29 is 11.4 Å². The normalized spacial score (nSPS) is 16.8. The SMILES string of the molecule is [2H]C([2H])([2H])c1cc(C)c(-c2ccc(C([2H])([2H])C(C)(C)C)c[n+]2C)cn1. The molecule has 2 aromatic rings. The predicted octanol–water partition coefficient (Wildman–Crippen LogP) is 3.78. The van der Waals surface area contributed by atoms with Crippen LogP contribution in [-0.2, 0) is 13.4 Å². The van der Waals surface area contributed by atoms with Crippen molar-refractivity contribution in [2.45, 2.75) is 40.9 Å². The Bertz CT molecular complexity index is 789.